The maximum atomic E-state index is 12.5. The van der Waals surface area contributed by atoms with Gasteiger partial charge in [0.1, 0.15) is 11.5 Å². The van der Waals surface area contributed by atoms with E-state index in [9.17, 15) is 4.79 Å². The van der Waals surface area contributed by atoms with Crippen molar-refractivity contribution in [2.75, 3.05) is 20.0 Å². The molecule has 5 nitrogen and oxygen atoms in total. The quantitative estimate of drug-likeness (QED) is 0.688. The van der Waals surface area contributed by atoms with Crippen molar-refractivity contribution in [1.82, 2.24) is 5.32 Å². The van der Waals surface area contributed by atoms with Gasteiger partial charge in [0.25, 0.3) is 5.91 Å². The summed E-state index contributed by atoms with van der Waals surface area (Å²) in [6.45, 7) is 1.97. The van der Waals surface area contributed by atoms with Crippen LogP contribution in [0.3, 0.4) is 0 Å². The van der Waals surface area contributed by atoms with Crippen molar-refractivity contribution >= 4 is 35.6 Å². The summed E-state index contributed by atoms with van der Waals surface area (Å²) >= 11 is 6.02. The number of carbonyl (C=O) groups excluding carboxylic acids is 1. The van der Waals surface area contributed by atoms with E-state index >= 15 is 0 Å². The van der Waals surface area contributed by atoms with E-state index in [1.807, 2.05) is 31.2 Å². The Bertz CT molecular complexity index is 736. The molecule has 0 aromatic heterocycles. The number of hydrogen-bond donors (Lipinski definition) is 2. The van der Waals surface area contributed by atoms with Gasteiger partial charge in [-0.15, -0.1) is 12.4 Å². The van der Waals surface area contributed by atoms with E-state index in [4.69, 9.17) is 26.8 Å². The molecule has 26 heavy (non-hydrogen) atoms. The highest BCUT2D eigenvalue weighted by atomic mass is 35.5. The Hall–Kier alpha value is -2.11. The second kappa shape index (κ2) is 10.1. The normalized spacial score (nSPS) is 11.2. The lowest BCUT2D eigenvalue weighted by molar-refractivity contribution is 0.0935. The Labute approximate surface area is 165 Å². The van der Waals surface area contributed by atoms with Crippen molar-refractivity contribution < 1.29 is 14.3 Å². The molecule has 0 fully saturated rings. The molecule has 0 saturated heterocycles. The molecule has 1 unspecified atom stereocenters. The molecule has 0 aliphatic rings. The predicted molar refractivity (Wildman–Crippen MR) is 108 cm³/mol. The molecular weight excluding hydrogens is 375 g/mol. The smallest absolute Gasteiger partial charge is 0.255 e. The Morgan fingerprint density at radius 3 is 2.42 bits per heavy atom. The van der Waals surface area contributed by atoms with E-state index in [-0.39, 0.29) is 24.4 Å². The number of benzene rings is 2. The monoisotopic (exact) mass is 398 g/mol. The Balaban J connectivity index is 0.00000338. The molecule has 7 heteroatoms. The largest absolute Gasteiger partial charge is 0.497 e. The molecule has 2 aromatic rings. The third-order valence-electron chi connectivity index (χ3n) is 3.97. The molecule has 0 spiro atoms. The van der Waals surface area contributed by atoms with Crippen LogP contribution in [0.15, 0.2) is 36.4 Å². The lowest BCUT2D eigenvalue weighted by Crippen LogP contribution is -2.33. The maximum absolute atomic E-state index is 12.5. The SMILES string of the molecule is COc1ccc(CCC(C)NC(=O)c2cc(Cl)c(N)cc2OC)cc1.Cl. The summed E-state index contributed by atoms with van der Waals surface area (Å²) in [5.74, 6) is 1.00. The van der Waals surface area contributed by atoms with E-state index in [1.165, 1.54) is 18.7 Å². The van der Waals surface area contributed by atoms with Crippen LogP contribution in [0.2, 0.25) is 5.02 Å². The van der Waals surface area contributed by atoms with E-state index in [2.05, 4.69) is 5.32 Å². The van der Waals surface area contributed by atoms with Crippen molar-refractivity contribution in [2.45, 2.75) is 25.8 Å². The second-order valence-corrected chi connectivity index (χ2v) is 6.24. The van der Waals surface area contributed by atoms with E-state index in [0.717, 1.165) is 18.6 Å². The van der Waals surface area contributed by atoms with Gasteiger partial charge >= 0.3 is 0 Å². The molecule has 1 amide bonds. The van der Waals surface area contributed by atoms with Gasteiger partial charge in [-0.2, -0.15) is 0 Å². The van der Waals surface area contributed by atoms with Gasteiger partial charge < -0.3 is 20.5 Å². The zero-order chi connectivity index (χ0) is 18.4. The Morgan fingerprint density at radius 1 is 1.19 bits per heavy atom. The lowest BCUT2D eigenvalue weighted by Gasteiger charge is -2.16. The fourth-order valence-electron chi connectivity index (χ4n) is 2.46. The van der Waals surface area contributed by atoms with Crippen LogP contribution in [0.1, 0.15) is 29.3 Å². The lowest BCUT2D eigenvalue weighted by atomic mass is 10.1. The zero-order valence-corrected chi connectivity index (χ0v) is 16.6. The summed E-state index contributed by atoms with van der Waals surface area (Å²) in [6.07, 6.45) is 1.66. The van der Waals surface area contributed by atoms with E-state index in [0.29, 0.717) is 22.0 Å². The third-order valence-corrected chi connectivity index (χ3v) is 4.29. The average molecular weight is 399 g/mol. The number of anilines is 1. The number of carbonyl (C=O) groups is 1. The third kappa shape index (κ3) is 5.71. The molecule has 0 bridgehead atoms. The number of nitrogen functional groups attached to an aromatic ring is 1. The van der Waals surface area contributed by atoms with Crippen LogP contribution in [-0.4, -0.2) is 26.2 Å². The highest BCUT2D eigenvalue weighted by Gasteiger charge is 2.17. The first-order valence-corrected chi connectivity index (χ1v) is 8.39. The molecule has 0 heterocycles. The van der Waals surface area contributed by atoms with Crippen molar-refractivity contribution in [3.63, 3.8) is 0 Å². The van der Waals surface area contributed by atoms with Gasteiger partial charge in [-0.25, -0.2) is 0 Å². The number of hydrogen-bond acceptors (Lipinski definition) is 4. The van der Waals surface area contributed by atoms with Crippen molar-refractivity contribution in [2.24, 2.45) is 0 Å². The summed E-state index contributed by atoms with van der Waals surface area (Å²) in [4.78, 5) is 12.5. The number of nitrogens with one attached hydrogen (secondary N) is 1. The minimum Gasteiger partial charge on any atom is -0.497 e. The minimum absolute atomic E-state index is 0. The number of halogens is 2. The number of rotatable bonds is 7. The average Bonchev–Trinajstić information content (AvgIpc) is 2.62. The van der Waals surface area contributed by atoms with Crippen LogP contribution < -0.4 is 20.5 Å². The van der Waals surface area contributed by atoms with Gasteiger partial charge in [-0.05, 0) is 43.5 Å². The molecule has 142 valence electrons. The van der Waals surface area contributed by atoms with Crippen LogP contribution in [0.25, 0.3) is 0 Å². The molecule has 0 aliphatic carbocycles. The van der Waals surface area contributed by atoms with Crippen molar-refractivity contribution in [3.05, 3.63) is 52.5 Å². The molecule has 2 rings (SSSR count). The Kier molecular flexibility index (Phi) is 8.55. The van der Waals surface area contributed by atoms with Gasteiger partial charge in [0.15, 0.2) is 0 Å². The van der Waals surface area contributed by atoms with Crippen molar-refractivity contribution in [1.29, 1.82) is 0 Å². The highest BCUT2D eigenvalue weighted by molar-refractivity contribution is 6.33. The van der Waals surface area contributed by atoms with Crippen LogP contribution in [0.5, 0.6) is 11.5 Å². The highest BCUT2D eigenvalue weighted by Crippen LogP contribution is 2.28. The zero-order valence-electron chi connectivity index (χ0n) is 15.0. The number of aryl methyl sites for hydroxylation is 1. The van der Waals surface area contributed by atoms with E-state index < -0.39 is 0 Å². The molecule has 3 N–H and O–H groups in total. The molecule has 0 radical (unpaired) electrons. The minimum atomic E-state index is -0.235. The predicted octanol–water partition coefficient (Wildman–Crippen LogP) is 4.11. The van der Waals surface area contributed by atoms with Gasteiger partial charge in [-0.3, -0.25) is 4.79 Å². The topological polar surface area (TPSA) is 73.6 Å². The number of nitrogens with two attached hydrogens (primary N) is 1. The molecule has 0 saturated carbocycles. The number of amides is 1. The first-order chi connectivity index (χ1) is 11.9. The maximum Gasteiger partial charge on any atom is 0.255 e. The summed E-state index contributed by atoms with van der Waals surface area (Å²) in [6, 6.07) is 11.0. The number of ether oxygens (including phenoxy) is 2. The van der Waals surface area contributed by atoms with Crippen LogP contribution >= 0.6 is 24.0 Å². The van der Waals surface area contributed by atoms with Gasteiger partial charge in [0, 0.05) is 12.1 Å². The van der Waals surface area contributed by atoms with E-state index in [1.54, 1.807) is 13.2 Å². The molecular formula is C19H24Cl2N2O3. The second-order valence-electron chi connectivity index (χ2n) is 5.84. The first kappa shape index (κ1) is 21.9. The van der Waals surface area contributed by atoms with Gasteiger partial charge in [0.2, 0.25) is 0 Å². The summed E-state index contributed by atoms with van der Waals surface area (Å²) < 4.78 is 10.4. The standard InChI is InChI=1S/C19H23ClN2O3.ClH/c1-12(4-5-13-6-8-14(24-2)9-7-13)22-19(23)15-10-16(20)17(21)11-18(15)25-3;/h6-12H,4-5,21H2,1-3H3,(H,22,23);1H. The van der Waals surface area contributed by atoms with Gasteiger partial charge in [-0.1, -0.05) is 23.7 Å². The molecule has 0 aliphatic heterocycles. The molecule has 1 atom stereocenters. The van der Waals surface area contributed by atoms with Crippen molar-refractivity contribution in [3.8, 4) is 11.5 Å². The summed E-state index contributed by atoms with van der Waals surface area (Å²) in [5, 5.41) is 3.30. The first-order valence-electron chi connectivity index (χ1n) is 8.01. The van der Waals surface area contributed by atoms with Crippen LogP contribution in [0.4, 0.5) is 5.69 Å². The van der Waals surface area contributed by atoms with Crippen LogP contribution in [0, 0.1) is 0 Å². The van der Waals surface area contributed by atoms with Crippen LogP contribution in [-0.2, 0) is 6.42 Å². The summed E-state index contributed by atoms with van der Waals surface area (Å²) in [5.41, 5.74) is 7.69. The molecule has 2 aromatic carbocycles. The number of methoxy groups -OCH3 is 2. The fourth-order valence-corrected chi connectivity index (χ4v) is 2.63. The fraction of sp³-hybridized carbons (Fsp3) is 0.316. The Morgan fingerprint density at radius 2 is 1.85 bits per heavy atom. The summed E-state index contributed by atoms with van der Waals surface area (Å²) in [7, 11) is 3.14. The van der Waals surface area contributed by atoms with Gasteiger partial charge in [0.05, 0.1) is 30.5 Å².